The fourth-order valence-corrected chi connectivity index (χ4v) is 2.39. The number of aryl methyl sites for hydroxylation is 2. The van der Waals surface area contributed by atoms with Crippen molar-refractivity contribution >= 4 is 11.6 Å². The van der Waals surface area contributed by atoms with Gasteiger partial charge in [-0.05, 0) is 25.8 Å². The summed E-state index contributed by atoms with van der Waals surface area (Å²) in [4.78, 5) is 0. The van der Waals surface area contributed by atoms with Gasteiger partial charge in [0.15, 0.2) is 0 Å². The SMILES string of the molecule is CCc1nn(CC)c(CC(O)CNCC(C)C)c1Cl. The number of aromatic nitrogens is 2. The van der Waals surface area contributed by atoms with Crippen LogP contribution >= 0.6 is 11.6 Å². The van der Waals surface area contributed by atoms with Gasteiger partial charge in [0.25, 0.3) is 0 Å². The number of hydrogen-bond donors (Lipinski definition) is 2. The van der Waals surface area contributed by atoms with Crippen molar-refractivity contribution in [2.24, 2.45) is 5.92 Å². The smallest absolute Gasteiger partial charge is 0.0850 e. The summed E-state index contributed by atoms with van der Waals surface area (Å²) in [6, 6.07) is 0. The third-order valence-electron chi connectivity index (χ3n) is 3.06. The zero-order valence-electron chi connectivity index (χ0n) is 12.4. The molecule has 0 spiro atoms. The van der Waals surface area contributed by atoms with E-state index >= 15 is 0 Å². The van der Waals surface area contributed by atoms with Crippen molar-refractivity contribution in [3.63, 3.8) is 0 Å². The molecule has 19 heavy (non-hydrogen) atoms. The molecule has 1 unspecified atom stereocenters. The second kappa shape index (κ2) is 7.88. The van der Waals surface area contributed by atoms with Crippen molar-refractivity contribution in [3.05, 3.63) is 16.4 Å². The van der Waals surface area contributed by atoms with Crippen LogP contribution in [0.3, 0.4) is 0 Å². The molecule has 4 nitrogen and oxygen atoms in total. The first-order valence-corrected chi connectivity index (χ1v) is 7.50. The van der Waals surface area contributed by atoms with Crippen LogP contribution < -0.4 is 5.32 Å². The number of aliphatic hydroxyl groups is 1. The first-order valence-electron chi connectivity index (χ1n) is 7.12. The largest absolute Gasteiger partial charge is 0.391 e. The molecule has 1 heterocycles. The van der Waals surface area contributed by atoms with Crippen LogP contribution in [0.15, 0.2) is 0 Å². The lowest BCUT2D eigenvalue weighted by atomic mass is 10.1. The van der Waals surface area contributed by atoms with E-state index in [1.807, 2.05) is 18.5 Å². The van der Waals surface area contributed by atoms with Crippen molar-refractivity contribution in [2.45, 2.75) is 53.2 Å². The standard InChI is InChI=1S/C14H26ClN3O/c1-5-12-14(15)13(18(6-2)17-12)7-11(19)9-16-8-10(3)4/h10-11,16,19H,5-9H2,1-4H3. The van der Waals surface area contributed by atoms with Gasteiger partial charge in [-0.25, -0.2) is 0 Å². The lowest BCUT2D eigenvalue weighted by Gasteiger charge is -2.14. The average molecular weight is 288 g/mol. The summed E-state index contributed by atoms with van der Waals surface area (Å²) < 4.78 is 1.90. The number of hydrogen-bond acceptors (Lipinski definition) is 3. The normalized spacial score (nSPS) is 13.2. The van der Waals surface area contributed by atoms with Gasteiger partial charge in [0, 0.05) is 19.5 Å². The van der Waals surface area contributed by atoms with E-state index in [0.717, 1.165) is 30.9 Å². The van der Waals surface area contributed by atoms with Gasteiger partial charge in [-0.3, -0.25) is 4.68 Å². The summed E-state index contributed by atoms with van der Waals surface area (Å²) in [5.74, 6) is 0.587. The van der Waals surface area contributed by atoms with Crippen molar-refractivity contribution in [3.8, 4) is 0 Å². The predicted octanol–water partition coefficient (Wildman–Crippen LogP) is 2.27. The Kier molecular flexibility index (Phi) is 6.83. The van der Waals surface area contributed by atoms with Crippen LogP contribution in [0.5, 0.6) is 0 Å². The highest BCUT2D eigenvalue weighted by atomic mass is 35.5. The maximum atomic E-state index is 10.1. The van der Waals surface area contributed by atoms with E-state index in [1.54, 1.807) is 0 Å². The van der Waals surface area contributed by atoms with Gasteiger partial charge in [0.2, 0.25) is 0 Å². The molecule has 1 aromatic heterocycles. The Morgan fingerprint density at radius 2 is 2.00 bits per heavy atom. The number of aliphatic hydroxyl groups excluding tert-OH is 1. The Morgan fingerprint density at radius 3 is 2.53 bits per heavy atom. The molecule has 0 bridgehead atoms. The van der Waals surface area contributed by atoms with Crippen molar-refractivity contribution < 1.29 is 5.11 Å². The molecule has 0 amide bonds. The van der Waals surface area contributed by atoms with E-state index in [1.165, 1.54) is 0 Å². The number of halogens is 1. The zero-order chi connectivity index (χ0) is 14.4. The van der Waals surface area contributed by atoms with E-state index in [2.05, 4.69) is 24.3 Å². The molecule has 0 aliphatic heterocycles. The van der Waals surface area contributed by atoms with Crippen LogP contribution in [-0.4, -0.2) is 34.1 Å². The molecule has 0 saturated carbocycles. The Balaban J connectivity index is 2.62. The maximum Gasteiger partial charge on any atom is 0.0850 e. The second-order valence-electron chi connectivity index (χ2n) is 5.29. The van der Waals surface area contributed by atoms with Crippen LogP contribution in [0, 0.1) is 5.92 Å². The molecular weight excluding hydrogens is 262 g/mol. The van der Waals surface area contributed by atoms with Crippen molar-refractivity contribution in [2.75, 3.05) is 13.1 Å². The maximum absolute atomic E-state index is 10.1. The van der Waals surface area contributed by atoms with Gasteiger partial charge in [-0.2, -0.15) is 5.10 Å². The highest BCUT2D eigenvalue weighted by molar-refractivity contribution is 6.31. The minimum absolute atomic E-state index is 0.428. The third kappa shape index (κ3) is 4.79. The molecule has 0 aliphatic rings. The summed E-state index contributed by atoms with van der Waals surface area (Å²) in [6.45, 7) is 10.7. The van der Waals surface area contributed by atoms with Crippen LogP contribution in [0.1, 0.15) is 39.1 Å². The molecular formula is C14H26ClN3O. The lowest BCUT2D eigenvalue weighted by Crippen LogP contribution is -2.31. The summed E-state index contributed by atoms with van der Waals surface area (Å²) in [6.07, 6.45) is 0.939. The molecule has 2 N–H and O–H groups in total. The van der Waals surface area contributed by atoms with Crippen molar-refractivity contribution in [1.82, 2.24) is 15.1 Å². The molecule has 1 rings (SSSR count). The summed E-state index contributed by atoms with van der Waals surface area (Å²) in [5, 5.41) is 18.5. The third-order valence-corrected chi connectivity index (χ3v) is 3.49. The summed E-state index contributed by atoms with van der Waals surface area (Å²) in [5.41, 5.74) is 1.86. The molecule has 1 atom stereocenters. The first kappa shape index (κ1) is 16.5. The van der Waals surface area contributed by atoms with E-state index in [0.29, 0.717) is 23.9 Å². The molecule has 0 radical (unpaired) electrons. The Morgan fingerprint density at radius 1 is 1.32 bits per heavy atom. The molecule has 0 saturated heterocycles. The van der Waals surface area contributed by atoms with E-state index in [9.17, 15) is 5.11 Å². The van der Waals surface area contributed by atoms with Gasteiger partial charge < -0.3 is 10.4 Å². The lowest BCUT2D eigenvalue weighted by molar-refractivity contribution is 0.168. The van der Waals surface area contributed by atoms with E-state index in [4.69, 9.17) is 11.6 Å². The van der Waals surface area contributed by atoms with Gasteiger partial charge in [-0.15, -0.1) is 0 Å². The van der Waals surface area contributed by atoms with Crippen LogP contribution in [0.25, 0.3) is 0 Å². The Bertz CT molecular complexity index is 390. The number of nitrogens with one attached hydrogen (secondary N) is 1. The molecule has 0 aliphatic carbocycles. The summed E-state index contributed by atoms with van der Waals surface area (Å²) in [7, 11) is 0. The fourth-order valence-electron chi connectivity index (χ4n) is 2.05. The van der Waals surface area contributed by atoms with Gasteiger partial charge in [-0.1, -0.05) is 32.4 Å². The molecule has 0 fully saturated rings. The number of rotatable bonds is 8. The van der Waals surface area contributed by atoms with Gasteiger partial charge >= 0.3 is 0 Å². The van der Waals surface area contributed by atoms with Gasteiger partial charge in [0.05, 0.1) is 22.5 Å². The van der Waals surface area contributed by atoms with Gasteiger partial charge in [0.1, 0.15) is 0 Å². The highest BCUT2D eigenvalue weighted by Gasteiger charge is 2.17. The first-order chi connectivity index (χ1) is 8.99. The summed E-state index contributed by atoms with van der Waals surface area (Å²) >= 11 is 6.32. The monoisotopic (exact) mass is 287 g/mol. The van der Waals surface area contributed by atoms with Crippen LogP contribution in [0.4, 0.5) is 0 Å². The predicted molar refractivity (Wildman–Crippen MR) is 79.7 cm³/mol. The molecule has 5 heteroatoms. The average Bonchev–Trinajstić information content (AvgIpc) is 2.66. The zero-order valence-corrected chi connectivity index (χ0v) is 13.2. The Labute approximate surface area is 121 Å². The molecule has 0 aromatic carbocycles. The Hall–Kier alpha value is -0.580. The topological polar surface area (TPSA) is 50.1 Å². The van der Waals surface area contributed by atoms with E-state index < -0.39 is 6.10 Å². The minimum Gasteiger partial charge on any atom is -0.391 e. The number of nitrogens with zero attached hydrogens (tertiary/aromatic N) is 2. The van der Waals surface area contributed by atoms with Crippen LogP contribution in [-0.2, 0) is 19.4 Å². The molecule has 1 aromatic rings. The second-order valence-corrected chi connectivity index (χ2v) is 5.66. The minimum atomic E-state index is -0.428. The fraction of sp³-hybridized carbons (Fsp3) is 0.786. The van der Waals surface area contributed by atoms with Crippen molar-refractivity contribution in [1.29, 1.82) is 0 Å². The highest BCUT2D eigenvalue weighted by Crippen LogP contribution is 2.22. The quantitative estimate of drug-likeness (QED) is 0.771. The molecule has 110 valence electrons. The van der Waals surface area contributed by atoms with Crippen LogP contribution in [0.2, 0.25) is 5.02 Å². The van der Waals surface area contributed by atoms with E-state index in [-0.39, 0.29) is 0 Å².